The molecule has 0 unspecified atom stereocenters. The molecular weight excluding hydrogens is 382 g/mol. The number of hydrogen-bond donors (Lipinski definition) is 3. The second-order valence-corrected chi connectivity index (χ2v) is 8.24. The highest BCUT2D eigenvalue weighted by molar-refractivity contribution is 7.99. The van der Waals surface area contributed by atoms with Crippen LogP contribution >= 0.6 is 11.8 Å². The molecular formula is C23H32N3O2S+. The number of quaternary nitrogens is 1. The molecule has 5 nitrogen and oxygen atoms in total. The van der Waals surface area contributed by atoms with Gasteiger partial charge in [-0.3, -0.25) is 9.59 Å². The number of rotatable bonds is 10. The van der Waals surface area contributed by atoms with Crippen molar-refractivity contribution in [2.75, 3.05) is 31.5 Å². The third-order valence-corrected chi connectivity index (χ3v) is 5.88. The van der Waals surface area contributed by atoms with Gasteiger partial charge in [-0.05, 0) is 51.1 Å². The maximum Gasteiger partial charge on any atom is 0.251 e. The number of carbonyl (C=O) groups excluding carboxylic acids is 2. The summed E-state index contributed by atoms with van der Waals surface area (Å²) in [7, 11) is 0. The molecule has 0 fully saturated rings. The molecule has 2 rings (SSSR count). The molecule has 0 aliphatic rings. The molecule has 2 aromatic carbocycles. The monoisotopic (exact) mass is 414 g/mol. The summed E-state index contributed by atoms with van der Waals surface area (Å²) in [5, 5.41) is 5.84. The summed E-state index contributed by atoms with van der Waals surface area (Å²) < 4.78 is 0. The first kappa shape index (κ1) is 23.0. The van der Waals surface area contributed by atoms with Crippen LogP contribution in [0.1, 0.15) is 43.1 Å². The number of anilines is 1. The van der Waals surface area contributed by atoms with Crippen LogP contribution in [0.25, 0.3) is 0 Å². The van der Waals surface area contributed by atoms with Gasteiger partial charge in [0, 0.05) is 35.2 Å². The molecule has 2 aromatic rings. The molecule has 0 bridgehead atoms. The van der Waals surface area contributed by atoms with Crippen molar-refractivity contribution in [2.24, 2.45) is 0 Å². The molecule has 0 saturated heterocycles. The summed E-state index contributed by atoms with van der Waals surface area (Å²) in [5.74, 6) is -0.270. The predicted molar refractivity (Wildman–Crippen MR) is 120 cm³/mol. The standard InChI is InChI=1S/C23H31N3O2S/c1-5-26(6-2)15-7-14-24-23(28)19-10-13-22(21(16-19)25-18(4)27)29-20-11-8-17(3)9-12-20/h8-13,16H,5-7,14-15H2,1-4H3,(H,24,28)(H,25,27)/p+1. The summed E-state index contributed by atoms with van der Waals surface area (Å²) in [4.78, 5) is 27.7. The lowest BCUT2D eigenvalue weighted by Gasteiger charge is -2.15. The van der Waals surface area contributed by atoms with E-state index in [2.05, 4.69) is 48.7 Å². The quantitative estimate of drug-likeness (QED) is 0.524. The Morgan fingerprint density at radius 3 is 2.34 bits per heavy atom. The Bertz CT molecular complexity index is 817. The molecule has 0 aromatic heterocycles. The average Bonchev–Trinajstić information content (AvgIpc) is 2.70. The van der Waals surface area contributed by atoms with Crippen molar-refractivity contribution >= 4 is 29.3 Å². The number of amides is 2. The van der Waals surface area contributed by atoms with Crippen molar-refractivity contribution in [2.45, 2.75) is 43.9 Å². The molecule has 0 radical (unpaired) electrons. The van der Waals surface area contributed by atoms with E-state index in [1.807, 2.05) is 19.1 Å². The van der Waals surface area contributed by atoms with Gasteiger partial charge in [0.05, 0.1) is 25.3 Å². The summed E-state index contributed by atoms with van der Waals surface area (Å²) in [6.45, 7) is 11.8. The Balaban J connectivity index is 2.06. The van der Waals surface area contributed by atoms with Gasteiger partial charge in [0.25, 0.3) is 5.91 Å². The Labute approximate surface area is 178 Å². The van der Waals surface area contributed by atoms with Gasteiger partial charge in [0.2, 0.25) is 5.91 Å². The SMILES string of the molecule is CC[NH+](CC)CCCNC(=O)c1ccc(Sc2ccc(C)cc2)c(NC(C)=O)c1. The van der Waals surface area contributed by atoms with Crippen LogP contribution in [0.3, 0.4) is 0 Å². The van der Waals surface area contributed by atoms with Gasteiger partial charge in [-0.25, -0.2) is 0 Å². The molecule has 0 saturated carbocycles. The molecule has 3 N–H and O–H groups in total. The molecule has 0 heterocycles. The van der Waals surface area contributed by atoms with Gasteiger partial charge >= 0.3 is 0 Å². The Morgan fingerprint density at radius 2 is 1.72 bits per heavy atom. The minimum atomic E-state index is -0.157. The largest absolute Gasteiger partial charge is 0.352 e. The van der Waals surface area contributed by atoms with Crippen molar-refractivity contribution in [3.05, 3.63) is 53.6 Å². The fraction of sp³-hybridized carbons (Fsp3) is 0.391. The van der Waals surface area contributed by atoms with E-state index in [0.717, 1.165) is 35.8 Å². The van der Waals surface area contributed by atoms with Gasteiger partial charge in [-0.15, -0.1) is 0 Å². The molecule has 0 atom stereocenters. The zero-order valence-electron chi connectivity index (χ0n) is 17.8. The third kappa shape index (κ3) is 7.55. The van der Waals surface area contributed by atoms with Gasteiger partial charge in [0.1, 0.15) is 0 Å². The van der Waals surface area contributed by atoms with Gasteiger partial charge in [-0.1, -0.05) is 29.5 Å². The molecule has 0 aliphatic carbocycles. The second-order valence-electron chi connectivity index (χ2n) is 7.12. The highest BCUT2D eigenvalue weighted by Crippen LogP contribution is 2.34. The van der Waals surface area contributed by atoms with E-state index in [1.54, 1.807) is 17.8 Å². The first-order valence-electron chi connectivity index (χ1n) is 10.2. The van der Waals surface area contributed by atoms with Crippen LogP contribution in [0.15, 0.2) is 52.3 Å². The minimum absolute atomic E-state index is 0.113. The number of benzene rings is 2. The van der Waals surface area contributed by atoms with Crippen LogP contribution in [0, 0.1) is 6.92 Å². The van der Waals surface area contributed by atoms with Crippen molar-refractivity contribution in [1.29, 1.82) is 0 Å². The zero-order chi connectivity index (χ0) is 21.2. The number of nitrogens with one attached hydrogen (secondary N) is 3. The van der Waals surface area contributed by atoms with Crippen molar-refractivity contribution < 1.29 is 14.5 Å². The van der Waals surface area contributed by atoms with Crippen molar-refractivity contribution in [3.63, 3.8) is 0 Å². The summed E-state index contributed by atoms with van der Waals surface area (Å²) in [6.07, 6.45) is 0.947. The van der Waals surface area contributed by atoms with Gasteiger partial charge in [0.15, 0.2) is 0 Å². The molecule has 2 amide bonds. The first-order chi connectivity index (χ1) is 13.9. The van der Waals surface area contributed by atoms with Crippen LogP contribution in [0.5, 0.6) is 0 Å². The van der Waals surface area contributed by atoms with E-state index in [-0.39, 0.29) is 11.8 Å². The smallest absolute Gasteiger partial charge is 0.251 e. The molecule has 0 spiro atoms. The Kier molecular flexibility index (Phi) is 9.22. The number of carbonyl (C=O) groups is 2. The third-order valence-electron chi connectivity index (χ3n) is 4.79. The van der Waals surface area contributed by atoms with Crippen molar-refractivity contribution in [3.8, 4) is 0 Å². The number of hydrogen-bond acceptors (Lipinski definition) is 3. The van der Waals surface area contributed by atoms with E-state index in [0.29, 0.717) is 17.8 Å². The summed E-state index contributed by atoms with van der Waals surface area (Å²) in [5.41, 5.74) is 2.41. The maximum atomic E-state index is 12.5. The lowest BCUT2D eigenvalue weighted by atomic mass is 10.2. The lowest BCUT2D eigenvalue weighted by Crippen LogP contribution is -3.11. The Hall–Kier alpha value is -2.31. The average molecular weight is 415 g/mol. The van der Waals surface area contributed by atoms with Crippen LogP contribution < -0.4 is 15.5 Å². The van der Waals surface area contributed by atoms with E-state index in [4.69, 9.17) is 0 Å². The first-order valence-corrected chi connectivity index (χ1v) is 11.0. The van der Waals surface area contributed by atoms with Crippen molar-refractivity contribution in [1.82, 2.24) is 5.32 Å². The van der Waals surface area contributed by atoms with Crippen LogP contribution in [-0.4, -0.2) is 38.0 Å². The molecule has 0 aliphatic heterocycles. The molecule has 29 heavy (non-hydrogen) atoms. The van der Waals surface area contributed by atoms with E-state index < -0.39 is 0 Å². The maximum absolute atomic E-state index is 12.5. The highest BCUT2D eigenvalue weighted by atomic mass is 32.2. The second kappa shape index (κ2) is 11.6. The van der Waals surface area contributed by atoms with Crippen LogP contribution in [0.4, 0.5) is 5.69 Å². The summed E-state index contributed by atoms with van der Waals surface area (Å²) >= 11 is 1.57. The molecule has 6 heteroatoms. The predicted octanol–water partition coefficient (Wildman–Crippen LogP) is 3.15. The minimum Gasteiger partial charge on any atom is -0.352 e. The van der Waals surface area contributed by atoms with E-state index in [9.17, 15) is 9.59 Å². The fourth-order valence-corrected chi connectivity index (χ4v) is 3.91. The van der Waals surface area contributed by atoms with Gasteiger partial charge in [-0.2, -0.15) is 0 Å². The van der Waals surface area contributed by atoms with E-state index >= 15 is 0 Å². The normalized spacial score (nSPS) is 10.8. The summed E-state index contributed by atoms with van der Waals surface area (Å²) in [6, 6.07) is 13.7. The lowest BCUT2D eigenvalue weighted by molar-refractivity contribution is -0.896. The highest BCUT2D eigenvalue weighted by Gasteiger charge is 2.12. The molecule has 156 valence electrons. The van der Waals surface area contributed by atoms with E-state index in [1.165, 1.54) is 17.4 Å². The zero-order valence-corrected chi connectivity index (χ0v) is 18.6. The number of aryl methyl sites for hydroxylation is 1. The Morgan fingerprint density at radius 1 is 1.03 bits per heavy atom. The van der Waals surface area contributed by atoms with Crippen LogP contribution in [-0.2, 0) is 4.79 Å². The fourth-order valence-electron chi connectivity index (χ4n) is 3.03. The van der Waals surface area contributed by atoms with Gasteiger partial charge < -0.3 is 15.5 Å². The topological polar surface area (TPSA) is 62.6 Å². The van der Waals surface area contributed by atoms with Crippen LogP contribution in [0.2, 0.25) is 0 Å².